The van der Waals surface area contributed by atoms with Crippen LogP contribution in [-0.4, -0.2) is 27.6 Å². The number of nitrogens with zero attached hydrogens (tertiary/aromatic N) is 2. The fourth-order valence-electron chi connectivity index (χ4n) is 2.35. The highest BCUT2D eigenvalue weighted by atomic mass is 16.2. The summed E-state index contributed by atoms with van der Waals surface area (Å²) in [6.45, 7) is 10.9. The highest BCUT2D eigenvalue weighted by molar-refractivity contribution is 5.98. The van der Waals surface area contributed by atoms with E-state index in [9.17, 15) is 9.59 Å². The van der Waals surface area contributed by atoms with E-state index in [1.165, 1.54) is 0 Å². The van der Waals surface area contributed by atoms with Gasteiger partial charge in [0.15, 0.2) is 0 Å². The smallest absolute Gasteiger partial charge is 0.246 e. The SMILES string of the molecule is Cc1nn(-c2ccccc2)c(C)c1NC(=O)C(C)NC(=O)C(C)(C)C. The summed E-state index contributed by atoms with van der Waals surface area (Å²) in [5, 5.41) is 10.1. The van der Waals surface area contributed by atoms with Crippen LogP contribution in [0.1, 0.15) is 39.1 Å². The van der Waals surface area contributed by atoms with E-state index in [4.69, 9.17) is 0 Å². The lowest BCUT2D eigenvalue weighted by Crippen LogP contribution is -2.46. The van der Waals surface area contributed by atoms with E-state index in [-0.39, 0.29) is 11.8 Å². The normalized spacial score (nSPS) is 12.6. The number of nitrogens with one attached hydrogen (secondary N) is 2. The monoisotopic (exact) mass is 342 g/mol. The predicted octanol–water partition coefficient (Wildman–Crippen LogP) is 2.98. The van der Waals surface area contributed by atoms with Crippen molar-refractivity contribution in [2.24, 2.45) is 5.41 Å². The second kappa shape index (κ2) is 7.09. The van der Waals surface area contributed by atoms with E-state index in [0.29, 0.717) is 5.69 Å². The van der Waals surface area contributed by atoms with Crippen LogP contribution in [0.15, 0.2) is 30.3 Å². The molecule has 0 saturated carbocycles. The molecule has 6 heteroatoms. The Balaban J connectivity index is 2.16. The Hall–Kier alpha value is -2.63. The number of carbonyl (C=O) groups excluding carboxylic acids is 2. The van der Waals surface area contributed by atoms with Crippen molar-refractivity contribution in [2.45, 2.75) is 47.6 Å². The fourth-order valence-corrected chi connectivity index (χ4v) is 2.35. The Morgan fingerprint density at radius 3 is 2.28 bits per heavy atom. The number of aromatic nitrogens is 2. The molecule has 25 heavy (non-hydrogen) atoms. The standard InChI is InChI=1S/C19H26N4O2/c1-12-16(14(3)23(22-12)15-10-8-7-9-11-15)21-17(24)13(2)20-18(25)19(4,5)6/h7-11,13H,1-6H3,(H,20,25)(H,21,24). The van der Waals surface area contributed by atoms with Crippen molar-refractivity contribution in [3.63, 3.8) is 0 Å². The molecule has 0 aliphatic heterocycles. The zero-order valence-corrected chi connectivity index (χ0v) is 15.7. The summed E-state index contributed by atoms with van der Waals surface area (Å²) in [7, 11) is 0. The minimum Gasteiger partial charge on any atom is -0.344 e. The first-order chi connectivity index (χ1) is 11.6. The van der Waals surface area contributed by atoms with Gasteiger partial charge in [0, 0.05) is 5.41 Å². The third kappa shape index (κ3) is 4.26. The number of hydrogen-bond acceptors (Lipinski definition) is 3. The molecule has 1 atom stereocenters. The summed E-state index contributed by atoms with van der Waals surface area (Å²) in [6, 6.07) is 9.10. The molecule has 134 valence electrons. The third-order valence-electron chi connectivity index (χ3n) is 3.96. The quantitative estimate of drug-likeness (QED) is 0.897. The van der Waals surface area contributed by atoms with Gasteiger partial charge in [0.05, 0.1) is 22.8 Å². The highest BCUT2D eigenvalue weighted by Crippen LogP contribution is 2.23. The van der Waals surface area contributed by atoms with Gasteiger partial charge in [0.2, 0.25) is 11.8 Å². The van der Waals surface area contributed by atoms with Gasteiger partial charge in [-0.25, -0.2) is 4.68 Å². The summed E-state index contributed by atoms with van der Waals surface area (Å²) in [4.78, 5) is 24.5. The van der Waals surface area contributed by atoms with Gasteiger partial charge in [-0.15, -0.1) is 0 Å². The first kappa shape index (κ1) is 18.7. The lowest BCUT2D eigenvalue weighted by molar-refractivity contribution is -0.131. The molecular formula is C19H26N4O2. The molecule has 1 aromatic carbocycles. The molecule has 0 fully saturated rings. The molecule has 0 spiro atoms. The average molecular weight is 342 g/mol. The van der Waals surface area contributed by atoms with Crippen LogP contribution in [0.2, 0.25) is 0 Å². The van der Waals surface area contributed by atoms with Crippen LogP contribution in [0.25, 0.3) is 5.69 Å². The molecule has 0 saturated heterocycles. The summed E-state index contributed by atoms with van der Waals surface area (Å²) < 4.78 is 1.79. The lowest BCUT2D eigenvalue weighted by atomic mass is 9.95. The van der Waals surface area contributed by atoms with Gasteiger partial charge in [0.1, 0.15) is 6.04 Å². The minimum atomic E-state index is -0.634. The van der Waals surface area contributed by atoms with Crippen LogP contribution in [0.4, 0.5) is 5.69 Å². The summed E-state index contributed by atoms with van der Waals surface area (Å²) in [6.07, 6.45) is 0. The first-order valence-corrected chi connectivity index (χ1v) is 8.34. The first-order valence-electron chi connectivity index (χ1n) is 8.34. The fraction of sp³-hybridized carbons (Fsp3) is 0.421. The number of aryl methyl sites for hydroxylation is 1. The Bertz CT molecular complexity index is 773. The Morgan fingerprint density at radius 2 is 1.72 bits per heavy atom. The van der Waals surface area contributed by atoms with Crippen LogP contribution in [0.5, 0.6) is 0 Å². The van der Waals surface area contributed by atoms with Gasteiger partial charge < -0.3 is 10.6 Å². The van der Waals surface area contributed by atoms with E-state index in [0.717, 1.165) is 17.1 Å². The predicted molar refractivity (Wildman–Crippen MR) is 98.7 cm³/mol. The second-order valence-corrected chi connectivity index (χ2v) is 7.23. The van der Waals surface area contributed by atoms with Crippen LogP contribution >= 0.6 is 0 Å². The average Bonchev–Trinajstić information content (AvgIpc) is 2.82. The molecule has 0 radical (unpaired) electrons. The molecule has 2 rings (SSSR count). The number of benzene rings is 1. The van der Waals surface area contributed by atoms with Crippen molar-refractivity contribution < 1.29 is 9.59 Å². The van der Waals surface area contributed by atoms with Gasteiger partial charge in [-0.3, -0.25) is 9.59 Å². The van der Waals surface area contributed by atoms with Crippen molar-refractivity contribution in [1.82, 2.24) is 15.1 Å². The van der Waals surface area contributed by atoms with Crippen LogP contribution in [0.3, 0.4) is 0 Å². The van der Waals surface area contributed by atoms with E-state index < -0.39 is 11.5 Å². The molecule has 2 amide bonds. The van der Waals surface area contributed by atoms with Crippen molar-refractivity contribution in [3.8, 4) is 5.69 Å². The maximum atomic E-state index is 12.5. The number of carbonyl (C=O) groups is 2. The molecule has 0 bridgehead atoms. The molecule has 1 heterocycles. The third-order valence-corrected chi connectivity index (χ3v) is 3.96. The highest BCUT2D eigenvalue weighted by Gasteiger charge is 2.26. The number of amides is 2. The van der Waals surface area contributed by atoms with Crippen molar-refractivity contribution in [1.29, 1.82) is 0 Å². The summed E-state index contributed by atoms with van der Waals surface area (Å²) >= 11 is 0. The van der Waals surface area contributed by atoms with Crippen molar-refractivity contribution >= 4 is 17.5 Å². The zero-order valence-electron chi connectivity index (χ0n) is 15.7. The van der Waals surface area contributed by atoms with E-state index in [1.54, 1.807) is 11.6 Å². The second-order valence-electron chi connectivity index (χ2n) is 7.23. The number of hydrogen-bond donors (Lipinski definition) is 2. The van der Waals surface area contributed by atoms with Crippen molar-refractivity contribution in [3.05, 3.63) is 41.7 Å². The molecule has 0 aliphatic carbocycles. The maximum absolute atomic E-state index is 12.5. The van der Waals surface area contributed by atoms with Gasteiger partial charge in [-0.2, -0.15) is 5.10 Å². The Morgan fingerprint density at radius 1 is 1.12 bits per heavy atom. The molecule has 2 aromatic rings. The Kier molecular flexibility index (Phi) is 5.30. The lowest BCUT2D eigenvalue weighted by Gasteiger charge is -2.21. The Labute approximate surface area is 148 Å². The number of para-hydroxylation sites is 1. The van der Waals surface area contributed by atoms with Crippen LogP contribution in [-0.2, 0) is 9.59 Å². The molecular weight excluding hydrogens is 316 g/mol. The minimum absolute atomic E-state index is 0.163. The summed E-state index contributed by atoms with van der Waals surface area (Å²) in [5.74, 6) is -0.431. The van der Waals surface area contributed by atoms with Crippen LogP contribution in [0, 0.1) is 19.3 Å². The maximum Gasteiger partial charge on any atom is 0.246 e. The van der Waals surface area contributed by atoms with Gasteiger partial charge in [-0.1, -0.05) is 39.0 Å². The molecule has 2 N–H and O–H groups in total. The van der Waals surface area contributed by atoms with E-state index in [2.05, 4.69) is 15.7 Å². The van der Waals surface area contributed by atoms with Gasteiger partial charge in [-0.05, 0) is 32.9 Å². The van der Waals surface area contributed by atoms with E-state index in [1.807, 2.05) is 65.0 Å². The number of rotatable bonds is 4. The molecule has 0 aliphatic rings. The van der Waals surface area contributed by atoms with E-state index >= 15 is 0 Å². The topological polar surface area (TPSA) is 76.0 Å². The molecule has 6 nitrogen and oxygen atoms in total. The van der Waals surface area contributed by atoms with Crippen molar-refractivity contribution in [2.75, 3.05) is 5.32 Å². The molecule has 1 unspecified atom stereocenters. The van der Waals surface area contributed by atoms with Crippen LogP contribution < -0.4 is 10.6 Å². The zero-order chi connectivity index (χ0) is 18.8. The molecule has 1 aromatic heterocycles. The number of anilines is 1. The van der Waals surface area contributed by atoms with Gasteiger partial charge >= 0.3 is 0 Å². The largest absolute Gasteiger partial charge is 0.344 e. The summed E-state index contributed by atoms with van der Waals surface area (Å²) in [5.41, 5.74) is 2.62. The van der Waals surface area contributed by atoms with Gasteiger partial charge in [0.25, 0.3) is 0 Å².